The predicted molar refractivity (Wildman–Crippen MR) is 64.1 cm³/mol. The van der Waals surface area contributed by atoms with E-state index in [0.717, 1.165) is 17.9 Å². The molecule has 0 aliphatic heterocycles. The van der Waals surface area contributed by atoms with Gasteiger partial charge in [0.25, 0.3) is 0 Å². The first-order chi connectivity index (χ1) is 8.24. The maximum atomic E-state index is 5.75. The van der Waals surface area contributed by atoms with Crippen LogP contribution < -0.4 is 5.73 Å². The first kappa shape index (κ1) is 11.5. The summed E-state index contributed by atoms with van der Waals surface area (Å²) >= 11 is 0. The molecule has 0 saturated heterocycles. The van der Waals surface area contributed by atoms with Gasteiger partial charge >= 0.3 is 0 Å². The van der Waals surface area contributed by atoms with E-state index in [4.69, 9.17) is 10.5 Å². The molecule has 90 valence electrons. The smallest absolute Gasteiger partial charge is 0.180 e. The zero-order chi connectivity index (χ0) is 12.3. The summed E-state index contributed by atoms with van der Waals surface area (Å²) < 4.78 is 7.01. The van der Waals surface area contributed by atoms with Crippen molar-refractivity contribution in [3.05, 3.63) is 24.3 Å². The number of nitrogens with zero attached hydrogens (tertiary/aromatic N) is 4. The van der Waals surface area contributed by atoms with Gasteiger partial charge in [0, 0.05) is 19.7 Å². The molecule has 2 rings (SSSR count). The number of methoxy groups -OCH3 is 1. The van der Waals surface area contributed by atoms with E-state index in [-0.39, 0.29) is 0 Å². The minimum absolute atomic E-state index is 0.417. The van der Waals surface area contributed by atoms with Crippen LogP contribution in [0, 0.1) is 0 Å². The van der Waals surface area contributed by atoms with E-state index in [9.17, 15) is 0 Å². The molecule has 2 heterocycles. The van der Waals surface area contributed by atoms with Crippen molar-refractivity contribution in [2.75, 3.05) is 12.8 Å². The van der Waals surface area contributed by atoms with E-state index >= 15 is 0 Å². The highest BCUT2D eigenvalue weighted by Crippen LogP contribution is 2.16. The number of hydrogen-bond donors (Lipinski definition) is 1. The highest BCUT2D eigenvalue weighted by atomic mass is 16.5. The average molecular weight is 233 g/mol. The van der Waals surface area contributed by atoms with Gasteiger partial charge in [-0.3, -0.25) is 0 Å². The van der Waals surface area contributed by atoms with Crippen molar-refractivity contribution >= 4 is 5.82 Å². The Morgan fingerprint density at radius 1 is 1.41 bits per heavy atom. The standard InChI is InChI=1S/C11H15N5O/c1-3-16-7-13-5-9(16)11-14-8(6-17-2)4-10(12)15-11/h4-5,7H,3,6H2,1-2H3,(H2,12,14,15). The Bertz CT molecular complexity index is 508. The minimum Gasteiger partial charge on any atom is -0.384 e. The highest BCUT2D eigenvalue weighted by Gasteiger charge is 2.09. The third kappa shape index (κ3) is 2.42. The van der Waals surface area contributed by atoms with E-state index < -0.39 is 0 Å². The lowest BCUT2D eigenvalue weighted by atomic mass is 10.3. The van der Waals surface area contributed by atoms with Gasteiger partial charge in [-0.1, -0.05) is 0 Å². The van der Waals surface area contributed by atoms with E-state index in [0.29, 0.717) is 18.2 Å². The van der Waals surface area contributed by atoms with Gasteiger partial charge in [-0.05, 0) is 6.92 Å². The lowest BCUT2D eigenvalue weighted by Gasteiger charge is -2.06. The first-order valence-corrected chi connectivity index (χ1v) is 5.37. The SMILES string of the molecule is CCn1cncc1-c1nc(N)cc(COC)n1. The molecule has 6 heteroatoms. The van der Waals surface area contributed by atoms with Crippen LogP contribution >= 0.6 is 0 Å². The Labute approximate surface area is 99.5 Å². The molecule has 0 aliphatic carbocycles. The summed E-state index contributed by atoms with van der Waals surface area (Å²) in [5.41, 5.74) is 7.37. The number of nitrogen functional groups attached to an aromatic ring is 1. The second-order valence-corrected chi connectivity index (χ2v) is 3.61. The highest BCUT2D eigenvalue weighted by molar-refractivity contribution is 5.51. The number of aryl methyl sites for hydroxylation is 1. The molecule has 2 aromatic heterocycles. The van der Waals surface area contributed by atoms with Crippen molar-refractivity contribution in [2.24, 2.45) is 0 Å². The van der Waals surface area contributed by atoms with Gasteiger partial charge in [0.2, 0.25) is 0 Å². The number of aromatic nitrogens is 4. The second kappa shape index (κ2) is 4.92. The van der Waals surface area contributed by atoms with Gasteiger partial charge in [0.15, 0.2) is 5.82 Å². The number of nitrogens with two attached hydrogens (primary N) is 1. The fourth-order valence-corrected chi connectivity index (χ4v) is 1.61. The monoisotopic (exact) mass is 233 g/mol. The van der Waals surface area contributed by atoms with Crippen molar-refractivity contribution in [1.82, 2.24) is 19.5 Å². The summed E-state index contributed by atoms with van der Waals surface area (Å²) in [5.74, 6) is 1.02. The molecule has 0 amide bonds. The van der Waals surface area contributed by atoms with Crippen LogP contribution in [-0.4, -0.2) is 26.6 Å². The van der Waals surface area contributed by atoms with Gasteiger partial charge in [-0.2, -0.15) is 0 Å². The van der Waals surface area contributed by atoms with E-state index in [1.54, 1.807) is 25.7 Å². The Morgan fingerprint density at radius 2 is 2.24 bits per heavy atom. The van der Waals surface area contributed by atoms with Crippen molar-refractivity contribution in [1.29, 1.82) is 0 Å². The first-order valence-electron chi connectivity index (χ1n) is 5.37. The van der Waals surface area contributed by atoms with Gasteiger partial charge in [-0.15, -0.1) is 0 Å². The van der Waals surface area contributed by atoms with Crippen LogP contribution in [-0.2, 0) is 17.9 Å². The van der Waals surface area contributed by atoms with Gasteiger partial charge in [0.1, 0.15) is 11.5 Å². The largest absolute Gasteiger partial charge is 0.384 e. The second-order valence-electron chi connectivity index (χ2n) is 3.61. The summed E-state index contributed by atoms with van der Waals surface area (Å²) in [6.45, 7) is 3.26. The minimum atomic E-state index is 0.417. The summed E-state index contributed by atoms with van der Waals surface area (Å²) in [4.78, 5) is 12.7. The van der Waals surface area contributed by atoms with Crippen molar-refractivity contribution in [2.45, 2.75) is 20.1 Å². The molecule has 0 radical (unpaired) electrons. The topological polar surface area (TPSA) is 78.9 Å². The van der Waals surface area contributed by atoms with Crippen LogP contribution in [0.5, 0.6) is 0 Å². The van der Waals surface area contributed by atoms with Gasteiger partial charge in [-0.25, -0.2) is 15.0 Å². The number of ether oxygens (including phenoxy) is 1. The zero-order valence-electron chi connectivity index (χ0n) is 9.92. The molecule has 2 N–H and O–H groups in total. The predicted octanol–water partition coefficient (Wildman–Crippen LogP) is 1.09. The molecule has 0 unspecified atom stereocenters. The quantitative estimate of drug-likeness (QED) is 0.855. The maximum Gasteiger partial charge on any atom is 0.180 e. The molecular formula is C11H15N5O. The number of rotatable bonds is 4. The van der Waals surface area contributed by atoms with Crippen molar-refractivity contribution in [3.8, 4) is 11.5 Å². The summed E-state index contributed by atoms with van der Waals surface area (Å²) in [5, 5.41) is 0. The molecule has 0 atom stereocenters. The molecule has 17 heavy (non-hydrogen) atoms. The number of hydrogen-bond acceptors (Lipinski definition) is 5. The van der Waals surface area contributed by atoms with E-state index in [1.807, 2.05) is 11.5 Å². The van der Waals surface area contributed by atoms with Crippen LogP contribution in [0.2, 0.25) is 0 Å². The molecule has 0 spiro atoms. The van der Waals surface area contributed by atoms with E-state index in [2.05, 4.69) is 15.0 Å². The van der Waals surface area contributed by atoms with Crippen LogP contribution in [0.4, 0.5) is 5.82 Å². The fraction of sp³-hybridized carbons (Fsp3) is 0.364. The van der Waals surface area contributed by atoms with Gasteiger partial charge < -0.3 is 15.0 Å². The Balaban J connectivity index is 2.44. The molecule has 0 saturated carbocycles. The van der Waals surface area contributed by atoms with Crippen LogP contribution in [0.25, 0.3) is 11.5 Å². The summed E-state index contributed by atoms with van der Waals surface area (Å²) in [6, 6.07) is 1.71. The fourth-order valence-electron chi connectivity index (χ4n) is 1.61. The number of imidazole rings is 1. The molecule has 6 nitrogen and oxygen atoms in total. The molecule has 0 aliphatic rings. The third-order valence-corrected chi connectivity index (χ3v) is 2.37. The molecule has 2 aromatic rings. The maximum absolute atomic E-state index is 5.75. The summed E-state index contributed by atoms with van der Waals surface area (Å²) in [7, 11) is 1.62. The Hall–Kier alpha value is -1.95. The number of anilines is 1. The van der Waals surface area contributed by atoms with Crippen LogP contribution in [0.15, 0.2) is 18.6 Å². The lowest BCUT2D eigenvalue weighted by Crippen LogP contribution is -2.04. The molecule has 0 bridgehead atoms. The lowest BCUT2D eigenvalue weighted by molar-refractivity contribution is 0.181. The normalized spacial score (nSPS) is 10.7. The van der Waals surface area contributed by atoms with Crippen molar-refractivity contribution < 1.29 is 4.74 Å². The molecule has 0 aromatic carbocycles. The van der Waals surface area contributed by atoms with Gasteiger partial charge in [0.05, 0.1) is 24.8 Å². The zero-order valence-corrected chi connectivity index (χ0v) is 9.92. The summed E-state index contributed by atoms with van der Waals surface area (Å²) in [6.07, 6.45) is 3.48. The Morgan fingerprint density at radius 3 is 2.94 bits per heavy atom. The Kier molecular flexibility index (Phi) is 3.34. The van der Waals surface area contributed by atoms with E-state index in [1.165, 1.54) is 0 Å². The molecule has 0 fully saturated rings. The average Bonchev–Trinajstić information content (AvgIpc) is 2.76. The van der Waals surface area contributed by atoms with Crippen LogP contribution in [0.3, 0.4) is 0 Å². The van der Waals surface area contributed by atoms with Crippen molar-refractivity contribution in [3.63, 3.8) is 0 Å². The van der Waals surface area contributed by atoms with Crippen LogP contribution in [0.1, 0.15) is 12.6 Å². The third-order valence-electron chi connectivity index (χ3n) is 2.37. The molecular weight excluding hydrogens is 218 g/mol.